The van der Waals surface area contributed by atoms with E-state index in [0.29, 0.717) is 29.2 Å². The van der Waals surface area contributed by atoms with Crippen molar-refractivity contribution < 1.29 is 13.2 Å². The Balaban J connectivity index is 1.42. The lowest BCUT2D eigenvalue weighted by atomic mass is 10.0. The van der Waals surface area contributed by atoms with Crippen molar-refractivity contribution in [2.45, 2.75) is 39.0 Å². The third kappa shape index (κ3) is 5.78. The predicted molar refractivity (Wildman–Crippen MR) is 124 cm³/mol. The summed E-state index contributed by atoms with van der Waals surface area (Å²) in [5, 5.41) is 1.12. The lowest BCUT2D eigenvalue weighted by Gasteiger charge is -2.04. The Hall–Kier alpha value is -3.65. The summed E-state index contributed by atoms with van der Waals surface area (Å²) in [6, 6.07) is 12.3. The molecule has 4 aromatic rings. The fourth-order valence-corrected chi connectivity index (χ4v) is 3.55. The zero-order valence-corrected chi connectivity index (χ0v) is 18.3. The Morgan fingerprint density at radius 2 is 1.45 bits per heavy atom. The highest BCUT2D eigenvalue weighted by Gasteiger charge is 2.06. The summed E-state index contributed by atoms with van der Waals surface area (Å²) in [4.78, 5) is 8.82. The topological polar surface area (TPSA) is 25.8 Å². The van der Waals surface area contributed by atoms with Crippen LogP contribution in [0.15, 0.2) is 60.9 Å². The van der Waals surface area contributed by atoms with Gasteiger partial charge in [-0.15, -0.1) is 0 Å². The number of unbranched alkanes of at least 4 members (excludes halogenated alkanes) is 1. The van der Waals surface area contributed by atoms with E-state index in [1.807, 2.05) is 18.5 Å². The average Bonchev–Trinajstić information content (AvgIpc) is 2.82. The van der Waals surface area contributed by atoms with Gasteiger partial charge in [0.15, 0.2) is 11.6 Å². The van der Waals surface area contributed by atoms with Gasteiger partial charge in [-0.2, -0.15) is 0 Å². The van der Waals surface area contributed by atoms with E-state index >= 15 is 0 Å². The van der Waals surface area contributed by atoms with E-state index in [1.54, 1.807) is 24.3 Å². The molecule has 0 fully saturated rings. The standard InChI is InChI=1S/C28H23F3N2/c1-2-3-4-21-17-32-28(33-18-21)12-8-20-6-10-22(25(29)14-20)9-5-19-7-11-23-15-26(30)27(31)16-24(23)13-19/h6-7,10-11,13-18H,2-4,8,12H2,1H3. The Kier molecular flexibility index (Phi) is 7.04. The number of hydrogen-bond donors (Lipinski definition) is 0. The van der Waals surface area contributed by atoms with Crippen molar-refractivity contribution in [1.29, 1.82) is 0 Å². The fraction of sp³-hybridized carbons (Fsp3) is 0.214. The zero-order chi connectivity index (χ0) is 23.2. The van der Waals surface area contributed by atoms with Crippen molar-refractivity contribution in [2.24, 2.45) is 0 Å². The summed E-state index contributed by atoms with van der Waals surface area (Å²) in [7, 11) is 0. The average molecular weight is 445 g/mol. The molecular formula is C28H23F3N2. The molecule has 0 atom stereocenters. The van der Waals surface area contributed by atoms with Crippen LogP contribution in [0.25, 0.3) is 10.8 Å². The molecule has 0 N–H and O–H groups in total. The third-order valence-corrected chi connectivity index (χ3v) is 5.47. The molecule has 0 saturated heterocycles. The van der Waals surface area contributed by atoms with Gasteiger partial charge in [0.2, 0.25) is 0 Å². The second kappa shape index (κ2) is 10.3. The molecule has 0 spiro atoms. The molecule has 33 heavy (non-hydrogen) atoms. The summed E-state index contributed by atoms with van der Waals surface area (Å²) in [6.07, 6.45) is 8.25. The van der Waals surface area contributed by atoms with E-state index in [2.05, 4.69) is 28.7 Å². The van der Waals surface area contributed by atoms with Gasteiger partial charge in [0, 0.05) is 24.4 Å². The highest BCUT2D eigenvalue weighted by atomic mass is 19.2. The van der Waals surface area contributed by atoms with Crippen LogP contribution in [0, 0.1) is 29.3 Å². The molecule has 0 saturated carbocycles. The van der Waals surface area contributed by atoms with Crippen LogP contribution in [0.5, 0.6) is 0 Å². The van der Waals surface area contributed by atoms with Crippen molar-refractivity contribution in [2.75, 3.05) is 0 Å². The minimum Gasteiger partial charge on any atom is -0.241 e. The molecule has 0 bridgehead atoms. The number of fused-ring (bicyclic) bond motifs is 1. The van der Waals surface area contributed by atoms with Gasteiger partial charge in [-0.3, -0.25) is 0 Å². The first-order chi connectivity index (χ1) is 16.0. The lowest BCUT2D eigenvalue weighted by molar-refractivity contribution is 0.511. The van der Waals surface area contributed by atoms with Crippen LogP contribution in [-0.2, 0) is 19.3 Å². The minimum absolute atomic E-state index is 0.278. The molecular weight excluding hydrogens is 421 g/mol. The van der Waals surface area contributed by atoms with E-state index in [-0.39, 0.29) is 5.56 Å². The van der Waals surface area contributed by atoms with Gasteiger partial charge in [0.1, 0.15) is 11.6 Å². The Morgan fingerprint density at radius 3 is 2.18 bits per heavy atom. The Morgan fingerprint density at radius 1 is 0.697 bits per heavy atom. The molecule has 0 radical (unpaired) electrons. The molecule has 0 amide bonds. The summed E-state index contributed by atoms with van der Waals surface area (Å²) >= 11 is 0. The molecule has 0 aliphatic carbocycles. The monoisotopic (exact) mass is 444 g/mol. The maximum absolute atomic E-state index is 14.6. The summed E-state index contributed by atoms with van der Waals surface area (Å²) in [5.41, 5.74) is 2.86. The number of aryl methyl sites for hydroxylation is 3. The first-order valence-corrected chi connectivity index (χ1v) is 11.0. The van der Waals surface area contributed by atoms with Crippen molar-refractivity contribution in [3.05, 3.63) is 106 Å². The van der Waals surface area contributed by atoms with Crippen molar-refractivity contribution >= 4 is 10.8 Å². The van der Waals surface area contributed by atoms with Gasteiger partial charge in [-0.25, -0.2) is 23.1 Å². The van der Waals surface area contributed by atoms with E-state index < -0.39 is 17.5 Å². The van der Waals surface area contributed by atoms with Crippen LogP contribution in [0.4, 0.5) is 13.2 Å². The molecule has 0 aliphatic rings. The molecule has 1 heterocycles. The molecule has 166 valence electrons. The van der Waals surface area contributed by atoms with E-state index in [4.69, 9.17) is 0 Å². The van der Waals surface area contributed by atoms with Gasteiger partial charge in [0.25, 0.3) is 0 Å². The number of aromatic nitrogens is 2. The lowest BCUT2D eigenvalue weighted by Crippen LogP contribution is -2.00. The number of halogens is 3. The zero-order valence-electron chi connectivity index (χ0n) is 18.3. The van der Waals surface area contributed by atoms with Crippen molar-refractivity contribution in [3.63, 3.8) is 0 Å². The molecule has 0 unspecified atom stereocenters. The molecule has 0 aliphatic heterocycles. The van der Waals surface area contributed by atoms with Crippen LogP contribution in [0.1, 0.15) is 47.8 Å². The highest BCUT2D eigenvalue weighted by Crippen LogP contribution is 2.20. The first kappa shape index (κ1) is 22.5. The minimum atomic E-state index is -0.910. The summed E-state index contributed by atoms with van der Waals surface area (Å²) in [5.74, 6) is 4.27. The van der Waals surface area contributed by atoms with Gasteiger partial charge in [-0.1, -0.05) is 37.3 Å². The van der Waals surface area contributed by atoms with Crippen molar-refractivity contribution in [1.82, 2.24) is 9.97 Å². The van der Waals surface area contributed by atoms with Crippen LogP contribution in [0.2, 0.25) is 0 Å². The smallest absolute Gasteiger partial charge is 0.159 e. The number of rotatable bonds is 6. The van der Waals surface area contributed by atoms with E-state index in [1.165, 1.54) is 6.07 Å². The Labute approximate surface area is 191 Å². The van der Waals surface area contributed by atoms with Gasteiger partial charge >= 0.3 is 0 Å². The fourth-order valence-electron chi connectivity index (χ4n) is 3.55. The molecule has 4 rings (SSSR count). The summed E-state index contributed by atoms with van der Waals surface area (Å²) < 4.78 is 41.4. The number of benzene rings is 3. The molecule has 2 nitrogen and oxygen atoms in total. The van der Waals surface area contributed by atoms with Crippen LogP contribution < -0.4 is 0 Å². The normalized spacial score (nSPS) is 10.8. The van der Waals surface area contributed by atoms with Crippen LogP contribution in [-0.4, -0.2) is 9.97 Å². The largest absolute Gasteiger partial charge is 0.241 e. The van der Waals surface area contributed by atoms with Gasteiger partial charge in [0.05, 0.1) is 5.56 Å². The van der Waals surface area contributed by atoms with Crippen molar-refractivity contribution in [3.8, 4) is 11.8 Å². The van der Waals surface area contributed by atoms with Crippen LogP contribution >= 0.6 is 0 Å². The third-order valence-electron chi connectivity index (χ3n) is 5.47. The highest BCUT2D eigenvalue weighted by molar-refractivity contribution is 5.84. The quantitative estimate of drug-likeness (QED) is 0.314. The van der Waals surface area contributed by atoms with E-state index in [9.17, 15) is 13.2 Å². The molecule has 5 heteroatoms. The SMILES string of the molecule is CCCCc1cnc(CCc2ccc(C#Cc3ccc4cc(F)c(F)cc4c3)c(F)c2)nc1. The number of hydrogen-bond acceptors (Lipinski definition) is 2. The second-order valence-electron chi connectivity index (χ2n) is 8.00. The van der Waals surface area contributed by atoms with Crippen LogP contribution in [0.3, 0.4) is 0 Å². The van der Waals surface area contributed by atoms with Gasteiger partial charge < -0.3 is 0 Å². The second-order valence-corrected chi connectivity index (χ2v) is 8.00. The molecule has 3 aromatic carbocycles. The van der Waals surface area contributed by atoms with E-state index in [0.717, 1.165) is 48.3 Å². The summed E-state index contributed by atoms with van der Waals surface area (Å²) in [6.45, 7) is 2.15. The molecule has 1 aromatic heterocycles. The number of nitrogens with zero attached hydrogens (tertiary/aromatic N) is 2. The Bertz CT molecular complexity index is 1340. The predicted octanol–water partition coefficient (Wildman–Crippen LogP) is 6.57. The maximum Gasteiger partial charge on any atom is 0.159 e. The first-order valence-electron chi connectivity index (χ1n) is 11.0. The maximum atomic E-state index is 14.6. The van der Waals surface area contributed by atoms with Gasteiger partial charge in [-0.05, 0) is 77.6 Å².